The van der Waals surface area contributed by atoms with Crippen LogP contribution in [0, 0.1) is 0 Å². The van der Waals surface area contributed by atoms with Gasteiger partial charge in [0.25, 0.3) is 0 Å². The average Bonchev–Trinajstić information content (AvgIpc) is 3.32. The molecule has 26 heteroatoms. The lowest BCUT2D eigenvalue weighted by Gasteiger charge is -2.50. The third-order valence-corrected chi connectivity index (χ3v) is 12.7. The van der Waals surface area contributed by atoms with Crippen molar-refractivity contribution in [3.63, 3.8) is 0 Å². The van der Waals surface area contributed by atoms with Crippen LogP contribution in [0.25, 0.3) is 0 Å². The number of aliphatic carboxylic acids is 1. The molecule has 0 aromatic heterocycles. The standard InChI is InChI=1S/C47H72N4O22/c1-21-33(57)36(60)30(49-24(4)52)45(67-21)73-42-38(62)37(61)41(43(63)64)72-47(42)71-40-32(51-26(6)54)46(68-23(3)35(40)59)70-39-31(50-25(5)53)44(66-22(2)34(39)58)65-20-14-8-13-19-48-28(55)17-11-12-18-29(56)69-27-15-9-7-10-16-27/h7,9-10,15-16,21-23,30-42,44-47,57-62H,8,11-14,17-20H2,1-6H3,(H,48,55)(H,49,52)(H,50,53)(H,51,54)(H,63,64)/t21?,22?,23?,30?,31?,32?,33-,34+,35-,36?,37+,38?,39?,40?,41?,42?,44-,45+,46+,47-/m1/s1. The van der Waals surface area contributed by atoms with Gasteiger partial charge in [0.05, 0.1) is 18.3 Å². The van der Waals surface area contributed by atoms with Crippen LogP contribution in [0.5, 0.6) is 5.75 Å². The molecular weight excluding hydrogens is 973 g/mol. The number of amides is 4. The van der Waals surface area contributed by atoms with Crippen LogP contribution in [0.2, 0.25) is 0 Å². The van der Waals surface area contributed by atoms with Gasteiger partial charge in [0.2, 0.25) is 23.6 Å². The molecule has 0 saturated carbocycles. The van der Waals surface area contributed by atoms with Gasteiger partial charge in [-0.05, 0) is 65.0 Å². The molecule has 20 atom stereocenters. The number of carbonyl (C=O) groups is 6. The van der Waals surface area contributed by atoms with E-state index in [1.165, 1.54) is 27.7 Å². The summed E-state index contributed by atoms with van der Waals surface area (Å²) in [5.41, 5.74) is 0. The minimum absolute atomic E-state index is 0.106. The van der Waals surface area contributed by atoms with E-state index in [1.54, 1.807) is 24.3 Å². The average molecular weight is 1050 g/mol. The summed E-state index contributed by atoms with van der Waals surface area (Å²) in [7, 11) is 0. The topological polar surface area (TPSA) is 375 Å². The van der Waals surface area contributed by atoms with Gasteiger partial charge >= 0.3 is 11.9 Å². The summed E-state index contributed by atoms with van der Waals surface area (Å²) in [4.78, 5) is 74.4. The van der Waals surface area contributed by atoms with E-state index >= 15 is 0 Å². The van der Waals surface area contributed by atoms with Crippen molar-refractivity contribution in [3.05, 3.63) is 30.3 Å². The summed E-state index contributed by atoms with van der Waals surface area (Å²) in [5.74, 6) is -3.79. The van der Waals surface area contributed by atoms with Gasteiger partial charge in [0, 0.05) is 46.8 Å². The Bertz CT molecular complexity index is 1970. The maximum absolute atomic E-state index is 12.9. The minimum atomic E-state index is -2.17. The first-order valence-electron chi connectivity index (χ1n) is 24.4. The fourth-order valence-corrected chi connectivity index (χ4v) is 8.82. The van der Waals surface area contributed by atoms with E-state index in [2.05, 4.69) is 21.3 Å². The number of hydrogen-bond donors (Lipinski definition) is 11. The lowest BCUT2D eigenvalue weighted by Crippen LogP contribution is -2.71. The Labute approximate surface area is 421 Å². The van der Waals surface area contributed by atoms with Crippen molar-refractivity contribution >= 4 is 35.6 Å². The van der Waals surface area contributed by atoms with Gasteiger partial charge in [0.15, 0.2) is 31.3 Å². The molecule has 4 aliphatic rings. The van der Waals surface area contributed by atoms with E-state index < -0.39 is 146 Å². The van der Waals surface area contributed by atoms with E-state index in [4.69, 9.17) is 42.6 Å². The van der Waals surface area contributed by atoms with Crippen LogP contribution in [0.4, 0.5) is 0 Å². The molecule has 12 unspecified atom stereocenters. The van der Waals surface area contributed by atoms with E-state index in [0.29, 0.717) is 44.4 Å². The van der Waals surface area contributed by atoms with Crippen LogP contribution >= 0.6 is 0 Å². The molecule has 0 aliphatic carbocycles. The molecule has 4 saturated heterocycles. The Morgan fingerprint density at radius 3 is 1.63 bits per heavy atom. The third-order valence-electron chi connectivity index (χ3n) is 12.7. The van der Waals surface area contributed by atoms with Gasteiger partial charge in [-0.15, -0.1) is 0 Å². The Kier molecular flexibility index (Phi) is 22.6. The summed E-state index contributed by atoms with van der Waals surface area (Å²) in [6.45, 7) is 8.24. The summed E-state index contributed by atoms with van der Waals surface area (Å²) in [5, 5.41) is 87.3. The smallest absolute Gasteiger partial charge is 0.335 e. The first kappa shape index (κ1) is 59.4. The molecule has 0 radical (unpaired) electrons. The van der Waals surface area contributed by atoms with Crippen LogP contribution in [0.1, 0.15) is 86.5 Å². The lowest BCUT2D eigenvalue weighted by atomic mass is 9.94. The van der Waals surface area contributed by atoms with Crippen molar-refractivity contribution in [2.24, 2.45) is 0 Å². The van der Waals surface area contributed by atoms with E-state index in [0.717, 1.165) is 13.8 Å². The molecular formula is C47H72N4O22. The number of aliphatic hydroxyl groups is 6. The number of carboxylic acids is 1. The lowest BCUT2D eigenvalue weighted by molar-refractivity contribution is -0.372. The van der Waals surface area contributed by atoms with Crippen LogP contribution in [-0.4, -0.2) is 207 Å². The molecule has 1 aromatic carbocycles. The molecule has 73 heavy (non-hydrogen) atoms. The first-order chi connectivity index (χ1) is 34.6. The highest BCUT2D eigenvalue weighted by atomic mass is 16.8. The van der Waals surface area contributed by atoms with Crippen LogP contribution < -0.4 is 26.0 Å². The van der Waals surface area contributed by atoms with Gasteiger partial charge in [0.1, 0.15) is 78.8 Å². The molecule has 5 rings (SSSR count). The van der Waals surface area contributed by atoms with Crippen LogP contribution in [0.15, 0.2) is 30.3 Å². The molecule has 0 bridgehead atoms. The van der Waals surface area contributed by atoms with Gasteiger partial charge in [-0.25, -0.2) is 4.79 Å². The van der Waals surface area contributed by atoms with E-state index in [1.807, 2.05) is 6.07 Å². The highest BCUT2D eigenvalue weighted by Gasteiger charge is 2.57. The number of benzene rings is 1. The number of carboxylic acid groups (broad SMARTS) is 1. The predicted molar refractivity (Wildman–Crippen MR) is 246 cm³/mol. The quantitative estimate of drug-likeness (QED) is 0.0303. The van der Waals surface area contributed by atoms with Crippen molar-refractivity contribution in [2.45, 2.75) is 209 Å². The molecule has 412 valence electrons. The second kappa shape index (κ2) is 27.9. The SMILES string of the molecule is CC(=O)NC1C(O)[C@H](O)C(C)O[C@H]1OC1C(O)[C@H](O)C(C(=O)O)O[C@H]1OC1C(NC(C)=O)[C@H](OC2C(NC(C)=O)[C@H](OCCCCCNC(=O)CCCCC(=O)Oc3ccccc3)OC(C)[C@@H]2O)OC(C)[C@H]1O. The second-order valence-corrected chi connectivity index (χ2v) is 18.6. The Morgan fingerprint density at radius 1 is 0.534 bits per heavy atom. The van der Waals surface area contributed by atoms with Gasteiger partial charge in [-0.3, -0.25) is 24.0 Å². The highest BCUT2D eigenvalue weighted by molar-refractivity contribution is 5.76. The number of hydrogen-bond acceptors (Lipinski definition) is 21. The molecule has 4 aliphatic heterocycles. The first-order valence-corrected chi connectivity index (χ1v) is 24.4. The van der Waals surface area contributed by atoms with Crippen LogP contribution in [0.3, 0.4) is 0 Å². The maximum atomic E-state index is 12.9. The number of ether oxygens (including phenoxy) is 9. The molecule has 1 aromatic rings. The monoisotopic (exact) mass is 1040 g/mol. The summed E-state index contributed by atoms with van der Waals surface area (Å²) in [6, 6.07) is 4.44. The summed E-state index contributed by atoms with van der Waals surface area (Å²) in [6.07, 6.45) is -24.7. The Morgan fingerprint density at radius 2 is 1.04 bits per heavy atom. The van der Waals surface area contributed by atoms with E-state index in [-0.39, 0.29) is 31.3 Å². The molecule has 4 fully saturated rings. The fourth-order valence-electron chi connectivity index (χ4n) is 8.82. The molecule has 0 spiro atoms. The van der Waals surface area contributed by atoms with Gasteiger partial charge in [-0.1, -0.05) is 18.2 Å². The largest absolute Gasteiger partial charge is 0.479 e. The molecule has 26 nitrogen and oxygen atoms in total. The fraction of sp³-hybridized carbons (Fsp3) is 0.745. The highest BCUT2D eigenvalue weighted by Crippen LogP contribution is 2.35. The Balaban J connectivity index is 1.24. The maximum Gasteiger partial charge on any atom is 0.335 e. The van der Waals surface area contributed by atoms with Crippen molar-refractivity contribution in [1.82, 2.24) is 21.3 Å². The number of nitrogens with one attached hydrogen (secondary N) is 4. The van der Waals surface area contributed by atoms with Gasteiger partial charge < -0.3 is 99.6 Å². The number of esters is 1. The Hall–Kier alpha value is -4.52. The summed E-state index contributed by atoms with van der Waals surface area (Å²) < 4.78 is 53.4. The van der Waals surface area contributed by atoms with Crippen molar-refractivity contribution in [3.8, 4) is 5.75 Å². The van der Waals surface area contributed by atoms with Crippen LogP contribution in [-0.2, 0) is 66.7 Å². The second-order valence-electron chi connectivity index (χ2n) is 18.6. The molecule has 4 amide bonds. The van der Waals surface area contributed by atoms with Gasteiger partial charge in [-0.2, -0.15) is 0 Å². The number of para-hydroxylation sites is 1. The van der Waals surface area contributed by atoms with Crippen molar-refractivity contribution < 1.29 is 107 Å². The third kappa shape index (κ3) is 16.5. The predicted octanol–water partition coefficient (Wildman–Crippen LogP) is -2.67. The number of unbranched alkanes of at least 4 members (excludes halogenated alkanes) is 3. The molecule has 11 N–H and O–H groups in total. The normalized spacial score (nSPS) is 36.5. The summed E-state index contributed by atoms with van der Waals surface area (Å²) >= 11 is 0. The van der Waals surface area contributed by atoms with Crippen molar-refractivity contribution in [2.75, 3.05) is 13.2 Å². The number of rotatable bonds is 23. The number of aliphatic hydroxyl groups excluding tert-OH is 6. The van der Waals surface area contributed by atoms with E-state index in [9.17, 15) is 64.5 Å². The van der Waals surface area contributed by atoms with Crippen molar-refractivity contribution in [1.29, 1.82) is 0 Å². The number of carbonyl (C=O) groups excluding carboxylic acids is 5. The zero-order valence-electron chi connectivity index (χ0n) is 41.6. The molecule has 4 heterocycles. The zero-order valence-corrected chi connectivity index (χ0v) is 41.6. The zero-order chi connectivity index (χ0) is 53.7. The minimum Gasteiger partial charge on any atom is -0.479 e.